The van der Waals surface area contributed by atoms with E-state index < -0.39 is 0 Å². The second-order valence-corrected chi connectivity index (χ2v) is 5.02. The van der Waals surface area contributed by atoms with Crippen LogP contribution in [0.1, 0.15) is 16.7 Å². The van der Waals surface area contributed by atoms with Gasteiger partial charge in [-0.2, -0.15) is 0 Å². The fourth-order valence-electron chi connectivity index (χ4n) is 2.50. The van der Waals surface area contributed by atoms with Crippen molar-refractivity contribution in [2.45, 2.75) is 0 Å². The highest BCUT2D eigenvalue weighted by molar-refractivity contribution is 6.17. The quantitative estimate of drug-likeness (QED) is 0.770. The van der Waals surface area contributed by atoms with Gasteiger partial charge in [0.2, 0.25) is 0 Å². The first-order valence-corrected chi connectivity index (χ1v) is 6.51. The zero-order valence-electron chi connectivity index (χ0n) is 11.3. The molecule has 2 aromatic carbocycles. The van der Waals surface area contributed by atoms with Gasteiger partial charge in [-0.05, 0) is 28.3 Å². The predicted octanol–water partition coefficient (Wildman–Crippen LogP) is 4.14. The molecule has 0 aromatic heterocycles. The maximum Gasteiger partial charge on any atom is 0.00712 e. The Balaban J connectivity index is 2.16. The number of hydrogen-bond acceptors (Lipinski definition) is 1. The summed E-state index contributed by atoms with van der Waals surface area (Å²) in [4.78, 5) is 2.11. The fraction of sp³-hybridized carbons (Fsp3) is 0.111. The number of rotatable bonds is 2. The van der Waals surface area contributed by atoms with Crippen LogP contribution in [0, 0.1) is 0 Å². The smallest absolute Gasteiger partial charge is 0.00712 e. The van der Waals surface area contributed by atoms with E-state index in [0.29, 0.717) is 0 Å². The van der Waals surface area contributed by atoms with Crippen LogP contribution in [0.3, 0.4) is 0 Å². The van der Waals surface area contributed by atoms with Gasteiger partial charge in [-0.15, -0.1) is 0 Å². The Kier molecular flexibility index (Phi) is 2.96. The second-order valence-electron chi connectivity index (χ2n) is 5.02. The van der Waals surface area contributed by atoms with E-state index in [0.717, 1.165) is 0 Å². The van der Waals surface area contributed by atoms with E-state index in [1.807, 2.05) is 0 Å². The monoisotopic (exact) mass is 247 g/mol. The largest absolute Gasteiger partial charge is 0.383 e. The van der Waals surface area contributed by atoms with E-state index in [-0.39, 0.29) is 0 Å². The number of fused-ring (bicyclic) bond motifs is 1. The van der Waals surface area contributed by atoms with E-state index in [4.69, 9.17) is 0 Å². The van der Waals surface area contributed by atoms with E-state index in [1.54, 1.807) is 0 Å². The number of allylic oxidation sites excluding steroid dienone is 2. The molecule has 3 rings (SSSR count). The van der Waals surface area contributed by atoms with Crippen LogP contribution >= 0.6 is 0 Å². The SMILES string of the molecule is CN(C)C=C1C(c2ccccc2)=Cc2ccccc21. The van der Waals surface area contributed by atoms with Gasteiger partial charge in [-0.1, -0.05) is 54.6 Å². The van der Waals surface area contributed by atoms with Crippen LogP contribution in [0.4, 0.5) is 0 Å². The third kappa shape index (κ3) is 2.19. The summed E-state index contributed by atoms with van der Waals surface area (Å²) in [6.45, 7) is 0. The Bertz CT molecular complexity index is 648. The highest BCUT2D eigenvalue weighted by Gasteiger charge is 2.19. The van der Waals surface area contributed by atoms with Crippen molar-refractivity contribution in [3.05, 3.63) is 77.5 Å². The van der Waals surface area contributed by atoms with E-state index in [2.05, 4.69) is 85.9 Å². The maximum absolute atomic E-state index is 2.28. The molecule has 1 nitrogen and oxygen atoms in total. The summed E-state index contributed by atoms with van der Waals surface area (Å²) in [6.07, 6.45) is 4.48. The summed E-state index contributed by atoms with van der Waals surface area (Å²) in [7, 11) is 4.13. The van der Waals surface area contributed by atoms with Crippen LogP contribution in [0.5, 0.6) is 0 Å². The lowest BCUT2D eigenvalue weighted by atomic mass is 9.98. The van der Waals surface area contributed by atoms with Crippen LogP contribution < -0.4 is 0 Å². The van der Waals surface area contributed by atoms with Crippen LogP contribution in [0.2, 0.25) is 0 Å². The minimum Gasteiger partial charge on any atom is -0.383 e. The van der Waals surface area contributed by atoms with Gasteiger partial charge < -0.3 is 4.90 Å². The molecular weight excluding hydrogens is 230 g/mol. The normalized spacial score (nSPS) is 15.3. The molecule has 0 atom stereocenters. The van der Waals surface area contributed by atoms with Crippen LogP contribution in [-0.4, -0.2) is 19.0 Å². The van der Waals surface area contributed by atoms with Crippen molar-refractivity contribution >= 4 is 17.2 Å². The molecule has 0 spiro atoms. The van der Waals surface area contributed by atoms with Crippen LogP contribution in [-0.2, 0) is 0 Å². The Labute approximate surface area is 114 Å². The standard InChI is InChI=1S/C18H17N/c1-19(2)13-18-16-11-7-6-10-15(16)12-17(18)14-8-4-3-5-9-14/h3-13H,1-2H3. The van der Waals surface area contributed by atoms with Crippen molar-refractivity contribution in [1.29, 1.82) is 0 Å². The number of hydrogen-bond donors (Lipinski definition) is 0. The van der Waals surface area contributed by atoms with Gasteiger partial charge in [0.15, 0.2) is 0 Å². The second kappa shape index (κ2) is 4.77. The highest BCUT2D eigenvalue weighted by atomic mass is 15.0. The Morgan fingerprint density at radius 2 is 1.53 bits per heavy atom. The Hall–Kier alpha value is -2.28. The highest BCUT2D eigenvalue weighted by Crippen LogP contribution is 2.40. The van der Waals surface area contributed by atoms with Gasteiger partial charge in [-0.25, -0.2) is 0 Å². The molecule has 0 radical (unpaired) electrons. The lowest BCUT2D eigenvalue weighted by molar-refractivity contribution is 0.566. The lowest BCUT2D eigenvalue weighted by Gasteiger charge is -2.12. The van der Waals surface area contributed by atoms with Crippen molar-refractivity contribution in [3.8, 4) is 0 Å². The van der Waals surface area contributed by atoms with Gasteiger partial charge in [0.05, 0.1) is 0 Å². The molecule has 0 N–H and O–H groups in total. The predicted molar refractivity (Wildman–Crippen MR) is 82.4 cm³/mol. The summed E-state index contributed by atoms with van der Waals surface area (Å²) in [5.41, 5.74) is 6.48. The van der Waals surface area contributed by atoms with Crippen molar-refractivity contribution in [2.24, 2.45) is 0 Å². The van der Waals surface area contributed by atoms with Crippen LogP contribution in [0.25, 0.3) is 17.2 Å². The van der Waals surface area contributed by atoms with Crippen LogP contribution in [0.15, 0.2) is 60.8 Å². The zero-order valence-corrected chi connectivity index (χ0v) is 11.3. The first kappa shape index (κ1) is 11.8. The third-order valence-corrected chi connectivity index (χ3v) is 3.31. The molecule has 0 saturated carbocycles. The fourth-order valence-corrected chi connectivity index (χ4v) is 2.50. The lowest BCUT2D eigenvalue weighted by Crippen LogP contribution is -2.02. The maximum atomic E-state index is 2.28. The van der Waals surface area contributed by atoms with Gasteiger partial charge in [0, 0.05) is 25.9 Å². The topological polar surface area (TPSA) is 3.24 Å². The molecule has 19 heavy (non-hydrogen) atoms. The molecule has 1 heteroatoms. The van der Waals surface area contributed by atoms with Gasteiger partial charge in [0.25, 0.3) is 0 Å². The molecule has 0 unspecified atom stereocenters. The van der Waals surface area contributed by atoms with Gasteiger partial charge in [-0.3, -0.25) is 0 Å². The average Bonchev–Trinajstić information content (AvgIpc) is 2.78. The molecule has 1 aliphatic rings. The minimum atomic E-state index is 1.27. The summed E-state index contributed by atoms with van der Waals surface area (Å²) in [5, 5.41) is 0. The molecule has 2 aromatic rings. The molecule has 0 bridgehead atoms. The third-order valence-electron chi connectivity index (χ3n) is 3.31. The zero-order chi connectivity index (χ0) is 13.2. The molecule has 0 heterocycles. The minimum absolute atomic E-state index is 1.27. The van der Waals surface area contributed by atoms with Gasteiger partial charge in [0.1, 0.15) is 0 Å². The Morgan fingerprint density at radius 3 is 2.26 bits per heavy atom. The van der Waals surface area contributed by atoms with E-state index >= 15 is 0 Å². The van der Waals surface area contributed by atoms with Gasteiger partial charge >= 0.3 is 0 Å². The molecule has 94 valence electrons. The molecule has 0 fully saturated rings. The molecule has 0 saturated heterocycles. The first-order chi connectivity index (χ1) is 9.25. The summed E-state index contributed by atoms with van der Waals surface area (Å²) >= 11 is 0. The summed E-state index contributed by atoms with van der Waals surface area (Å²) in [6, 6.07) is 19.1. The number of benzene rings is 2. The van der Waals surface area contributed by atoms with E-state index in [9.17, 15) is 0 Å². The number of nitrogens with zero attached hydrogens (tertiary/aromatic N) is 1. The molecular formula is C18H17N. The van der Waals surface area contributed by atoms with Crippen molar-refractivity contribution in [2.75, 3.05) is 14.1 Å². The first-order valence-electron chi connectivity index (χ1n) is 6.51. The van der Waals surface area contributed by atoms with Crippen molar-refractivity contribution < 1.29 is 0 Å². The molecule has 0 aliphatic heterocycles. The van der Waals surface area contributed by atoms with Crippen molar-refractivity contribution in [3.63, 3.8) is 0 Å². The average molecular weight is 247 g/mol. The summed E-state index contributed by atoms with van der Waals surface area (Å²) in [5.74, 6) is 0. The van der Waals surface area contributed by atoms with E-state index in [1.165, 1.54) is 27.8 Å². The molecule has 0 amide bonds. The molecule has 1 aliphatic carbocycles. The summed E-state index contributed by atoms with van der Waals surface area (Å²) < 4.78 is 0. The Morgan fingerprint density at radius 1 is 0.842 bits per heavy atom. The van der Waals surface area contributed by atoms with Crippen molar-refractivity contribution in [1.82, 2.24) is 4.90 Å².